The molecular formula is C34H38ClN7O2. The smallest absolute Gasteiger partial charge is 0.263 e. The van der Waals surface area contributed by atoms with E-state index >= 15 is 0 Å². The number of aryl methyl sites for hydroxylation is 1. The summed E-state index contributed by atoms with van der Waals surface area (Å²) < 4.78 is 1.73. The molecule has 3 aliphatic rings. The fourth-order valence-corrected chi connectivity index (χ4v) is 7.65. The number of piperazine rings is 1. The molecule has 7 rings (SSSR count). The molecule has 10 heteroatoms. The van der Waals surface area contributed by atoms with Crippen molar-refractivity contribution in [2.24, 2.45) is 0 Å². The zero-order valence-electron chi connectivity index (χ0n) is 25.3. The van der Waals surface area contributed by atoms with Gasteiger partial charge >= 0.3 is 0 Å². The van der Waals surface area contributed by atoms with Crippen molar-refractivity contribution in [3.63, 3.8) is 0 Å². The first-order valence-corrected chi connectivity index (χ1v) is 16.2. The second-order valence-corrected chi connectivity index (χ2v) is 12.8. The normalized spacial score (nSPS) is 20.5. The Kier molecular flexibility index (Phi) is 7.84. The Bertz CT molecular complexity index is 1740. The van der Waals surface area contributed by atoms with Crippen molar-refractivity contribution in [3.05, 3.63) is 81.4 Å². The van der Waals surface area contributed by atoms with E-state index in [1.807, 2.05) is 19.2 Å². The van der Waals surface area contributed by atoms with Crippen LogP contribution < -0.4 is 15.8 Å². The van der Waals surface area contributed by atoms with E-state index in [0.717, 1.165) is 62.0 Å². The summed E-state index contributed by atoms with van der Waals surface area (Å²) in [5, 5.41) is 3.97. The maximum atomic E-state index is 13.5. The maximum absolute atomic E-state index is 13.5. The Labute approximate surface area is 262 Å². The van der Waals surface area contributed by atoms with Gasteiger partial charge in [0.2, 0.25) is 5.95 Å². The van der Waals surface area contributed by atoms with Crippen molar-refractivity contribution >= 4 is 45.9 Å². The third kappa shape index (κ3) is 5.37. The molecule has 228 valence electrons. The van der Waals surface area contributed by atoms with Gasteiger partial charge in [-0.25, -0.2) is 9.97 Å². The van der Waals surface area contributed by atoms with Gasteiger partial charge in [-0.3, -0.25) is 19.1 Å². The summed E-state index contributed by atoms with van der Waals surface area (Å²) in [5.41, 5.74) is 4.80. The predicted molar refractivity (Wildman–Crippen MR) is 174 cm³/mol. The van der Waals surface area contributed by atoms with Gasteiger partial charge in [-0.2, -0.15) is 4.98 Å². The van der Waals surface area contributed by atoms with E-state index in [1.165, 1.54) is 25.3 Å². The van der Waals surface area contributed by atoms with Crippen molar-refractivity contribution in [3.8, 4) is 0 Å². The van der Waals surface area contributed by atoms with Gasteiger partial charge in [0.15, 0.2) is 5.78 Å². The van der Waals surface area contributed by atoms with Gasteiger partial charge in [0.1, 0.15) is 11.5 Å². The SMILES string of the molecule is CC(=O)c1c(C)c2cnc(Nc3ccc(N4CC5CCC(C4)N5Cc4ccc(CCl)cc4)cn3)nc2n(C2CCCC2)c1=O. The number of pyridine rings is 2. The minimum absolute atomic E-state index is 0.0380. The highest BCUT2D eigenvalue weighted by molar-refractivity contribution is 6.17. The van der Waals surface area contributed by atoms with Crippen LogP contribution >= 0.6 is 11.6 Å². The Balaban J connectivity index is 1.08. The van der Waals surface area contributed by atoms with Crippen molar-refractivity contribution in [2.45, 2.75) is 82.9 Å². The van der Waals surface area contributed by atoms with Crippen molar-refractivity contribution in [1.82, 2.24) is 24.4 Å². The number of anilines is 3. The van der Waals surface area contributed by atoms with E-state index in [2.05, 4.69) is 50.4 Å². The molecular weight excluding hydrogens is 574 g/mol. The largest absolute Gasteiger partial charge is 0.367 e. The summed E-state index contributed by atoms with van der Waals surface area (Å²) in [4.78, 5) is 45.1. The lowest BCUT2D eigenvalue weighted by molar-refractivity contribution is 0.101. The van der Waals surface area contributed by atoms with Crippen LogP contribution in [0.15, 0.2) is 53.6 Å². The van der Waals surface area contributed by atoms with Crippen LogP contribution in [0.4, 0.5) is 17.5 Å². The summed E-state index contributed by atoms with van der Waals surface area (Å²) in [6.45, 7) is 6.20. The standard InChI is InChI=1S/C34H38ClN7O2/c1-21-29-17-37-34(39-32(29)42(25-5-3-4-6-25)33(44)31(21)22(2)43)38-30-14-13-26(16-36-30)40-19-27-11-12-28(20-40)41(27)18-24-9-7-23(15-35)8-10-24/h7-10,13-14,16-17,25,27-28H,3-6,11-12,15,18-20H2,1-2H3,(H,36,37,38,39). The molecule has 2 atom stereocenters. The molecule has 1 saturated carbocycles. The van der Waals surface area contributed by atoms with Gasteiger partial charge in [-0.15, -0.1) is 11.6 Å². The molecule has 3 fully saturated rings. The monoisotopic (exact) mass is 611 g/mol. The molecule has 1 aromatic carbocycles. The zero-order valence-corrected chi connectivity index (χ0v) is 26.1. The highest BCUT2D eigenvalue weighted by Crippen LogP contribution is 2.35. The number of hydrogen-bond acceptors (Lipinski definition) is 8. The number of halogens is 1. The van der Waals surface area contributed by atoms with E-state index in [4.69, 9.17) is 21.6 Å². The van der Waals surface area contributed by atoms with Crippen LogP contribution in [0.25, 0.3) is 11.0 Å². The average molecular weight is 612 g/mol. The predicted octanol–water partition coefficient (Wildman–Crippen LogP) is 6.15. The maximum Gasteiger partial charge on any atom is 0.263 e. The number of hydrogen-bond donors (Lipinski definition) is 1. The second kappa shape index (κ2) is 11.9. The molecule has 0 spiro atoms. The molecule has 9 nitrogen and oxygen atoms in total. The number of aromatic nitrogens is 4. The number of nitrogens with zero attached hydrogens (tertiary/aromatic N) is 6. The Morgan fingerprint density at radius 1 is 0.932 bits per heavy atom. The second-order valence-electron chi connectivity index (χ2n) is 12.5. The van der Waals surface area contributed by atoms with E-state index in [0.29, 0.717) is 40.9 Å². The van der Waals surface area contributed by atoms with Gasteiger partial charge in [0.05, 0.1) is 17.4 Å². The van der Waals surface area contributed by atoms with E-state index < -0.39 is 0 Å². The van der Waals surface area contributed by atoms with Crippen LogP contribution in [0.3, 0.4) is 0 Å². The zero-order chi connectivity index (χ0) is 30.4. The number of carbonyl (C=O) groups is 1. The fourth-order valence-electron chi connectivity index (χ4n) is 7.47. The quantitative estimate of drug-likeness (QED) is 0.187. The number of rotatable bonds is 8. The fraction of sp³-hybridized carbons (Fsp3) is 0.441. The number of benzene rings is 1. The molecule has 44 heavy (non-hydrogen) atoms. The van der Waals surface area contributed by atoms with Crippen molar-refractivity contribution in [2.75, 3.05) is 23.3 Å². The average Bonchev–Trinajstić information content (AvgIpc) is 3.62. The molecule has 2 bridgehead atoms. The van der Waals surface area contributed by atoms with Gasteiger partial charge in [0, 0.05) is 55.2 Å². The lowest BCUT2D eigenvalue weighted by atomic mass is 10.0. The van der Waals surface area contributed by atoms with Gasteiger partial charge in [-0.1, -0.05) is 37.1 Å². The molecule has 0 radical (unpaired) electrons. The highest BCUT2D eigenvalue weighted by atomic mass is 35.5. The Hall–Kier alpha value is -3.82. The molecule has 3 aromatic heterocycles. The number of Topliss-reactive ketones (excluding diaryl/α,β-unsaturated/α-hetero) is 1. The molecule has 1 N–H and O–H groups in total. The van der Waals surface area contributed by atoms with Crippen LogP contribution in [0.2, 0.25) is 0 Å². The third-order valence-corrected chi connectivity index (χ3v) is 10.1. The molecule has 0 amide bonds. The highest BCUT2D eigenvalue weighted by Gasteiger charge is 2.39. The van der Waals surface area contributed by atoms with E-state index in [-0.39, 0.29) is 22.9 Å². The molecule has 2 saturated heterocycles. The lowest BCUT2D eigenvalue weighted by Crippen LogP contribution is -2.53. The summed E-state index contributed by atoms with van der Waals surface area (Å²) in [5.74, 6) is 1.35. The third-order valence-electron chi connectivity index (χ3n) is 9.78. The first-order chi connectivity index (χ1) is 21.4. The molecule has 2 aliphatic heterocycles. The van der Waals surface area contributed by atoms with Gasteiger partial charge in [-0.05, 0) is 68.4 Å². The van der Waals surface area contributed by atoms with Gasteiger partial charge in [0.25, 0.3) is 5.56 Å². The molecule has 5 heterocycles. The minimum Gasteiger partial charge on any atom is -0.367 e. The first kappa shape index (κ1) is 28.9. The number of carbonyl (C=O) groups excluding carboxylic acids is 1. The van der Waals surface area contributed by atoms with Gasteiger partial charge < -0.3 is 10.2 Å². The Morgan fingerprint density at radius 2 is 1.64 bits per heavy atom. The summed E-state index contributed by atoms with van der Waals surface area (Å²) in [7, 11) is 0. The number of alkyl halides is 1. The first-order valence-electron chi connectivity index (χ1n) is 15.7. The van der Waals surface area contributed by atoms with Crippen LogP contribution in [0, 0.1) is 6.92 Å². The molecule has 1 aliphatic carbocycles. The lowest BCUT2D eigenvalue weighted by Gasteiger charge is -2.42. The minimum atomic E-state index is -0.250. The molecule has 4 aromatic rings. The van der Waals surface area contributed by atoms with Crippen molar-refractivity contribution in [1.29, 1.82) is 0 Å². The van der Waals surface area contributed by atoms with Crippen molar-refractivity contribution < 1.29 is 4.79 Å². The van der Waals surface area contributed by atoms with E-state index in [1.54, 1.807) is 10.8 Å². The van der Waals surface area contributed by atoms with E-state index in [9.17, 15) is 9.59 Å². The number of fused-ring (bicyclic) bond motifs is 3. The topological polar surface area (TPSA) is 96.2 Å². The van der Waals surface area contributed by atoms with Crippen LogP contribution in [-0.4, -0.2) is 55.4 Å². The van der Waals surface area contributed by atoms with Crippen LogP contribution in [-0.2, 0) is 12.4 Å². The van der Waals surface area contributed by atoms with Crippen LogP contribution in [0.1, 0.15) is 78.5 Å². The number of ketones is 1. The summed E-state index contributed by atoms with van der Waals surface area (Å²) >= 11 is 5.97. The van der Waals surface area contributed by atoms with Crippen LogP contribution in [0.5, 0.6) is 0 Å². The summed E-state index contributed by atoms with van der Waals surface area (Å²) in [6.07, 6.45) is 10.0. The molecule has 2 unspecified atom stereocenters. The Morgan fingerprint density at radius 3 is 2.27 bits per heavy atom. The number of nitrogens with one attached hydrogen (secondary N) is 1. The summed E-state index contributed by atoms with van der Waals surface area (Å²) in [6, 6.07) is 13.8.